The maximum atomic E-state index is 11.7. The van der Waals surface area contributed by atoms with Gasteiger partial charge in [-0.05, 0) is 24.7 Å². The van der Waals surface area contributed by atoms with E-state index in [4.69, 9.17) is 0 Å². The van der Waals surface area contributed by atoms with Crippen molar-refractivity contribution in [1.29, 1.82) is 0 Å². The van der Waals surface area contributed by atoms with Crippen molar-refractivity contribution in [2.45, 2.75) is 39.2 Å². The number of piperazine rings is 1. The van der Waals surface area contributed by atoms with Crippen LogP contribution >= 0.6 is 0 Å². The summed E-state index contributed by atoms with van der Waals surface area (Å²) in [6, 6.07) is -0.247. The van der Waals surface area contributed by atoms with Crippen LogP contribution in [0.15, 0.2) is 0 Å². The van der Waals surface area contributed by atoms with Crippen molar-refractivity contribution in [3.05, 3.63) is 0 Å². The predicted molar refractivity (Wildman–Crippen MR) is 56.1 cm³/mol. The van der Waals surface area contributed by atoms with Crippen LogP contribution in [0, 0.1) is 5.41 Å². The van der Waals surface area contributed by atoms with Crippen LogP contribution in [0.3, 0.4) is 0 Å². The van der Waals surface area contributed by atoms with Gasteiger partial charge in [0, 0.05) is 6.54 Å². The molecule has 1 saturated carbocycles. The van der Waals surface area contributed by atoms with Crippen LogP contribution in [0.25, 0.3) is 0 Å². The Bertz CT molecular complexity index is 297. The zero-order valence-electron chi connectivity index (χ0n) is 9.38. The fourth-order valence-corrected chi connectivity index (χ4v) is 2.08. The van der Waals surface area contributed by atoms with Crippen molar-refractivity contribution in [2.75, 3.05) is 13.1 Å². The van der Waals surface area contributed by atoms with Gasteiger partial charge in [-0.1, -0.05) is 13.8 Å². The highest BCUT2D eigenvalue weighted by atomic mass is 16.2. The number of nitrogens with one attached hydrogen (secondary N) is 1. The standard InChI is InChI=1S/C11H18N2O2/c1-3-8-10(15)12-6-9(14)13(8)7-11(2)4-5-11/h8H,3-7H2,1-2H3,(H,12,15). The van der Waals surface area contributed by atoms with E-state index < -0.39 is 0 Å². The van der Waals surface area contributed by atoms with Gasteiger partial charge in [0.25, 0.3) is 0 Å². The molecule has 0 bridgehead atoms. The lowest BCUT2D eigenvalue weighted by atomic mass is 10.0. The molecule has 1 heterocycles. The summed E-state index contributed by atoms with van der Waals surface area (Å²) in [5, 5.41) is 2.64. The number of carbonyl (C=O) groups is 2. The third-order valence-corrected chi connectivity index (χ3v) is 3.46. The van der Waals surface area contributed by atoms with Gasteiger partial charge in [-0.15, -0.1) is 0 Å². The average molecular weight is 210 g/mol. The molecule has 84 valence electrons. The number of amides is 2. The molecule has 2 amide bonds. The SMILES string of the molecule is CCC1C(=O)NCC(=O)N1CC1(C)CC1. The summed E-state index contributed by atoms with van der Waals surface area (Å²) in [6.45, 7) is 5.05. The molecule has 0 aromatic heterocycles. The number of hydrogen-bond acceptors (Lipinski definition) is 2. The van der Waals surface area contributed by atoms with Crippen LogP contribution in [-0.2, 0) is 9.59 Å². The van der Waals surface area contributed by atoms with E-state index in [2.05, 4.69) is 12.2 Å². The second-order valence-electron chi connectivity index (χ2n) is 4.97. The lowest BCUT2D eigenvalue weighted by molar-refractivity contribution is -0.146. The van der Waals surface area contributed by atoms with Crippen molar-refractivity contribution < 1.29 is 9.59 Å². The molecule has 0 aromatic carbocycles. The molecule has 4 heteroatoms. The van der Waals surface area contributed by atoms with Gasteiger partial charge >= 0.3 is 0 Å². The van der Waals surface area contributed by atoms with Gasteiger partial charge in [-0.2, -0.15) is 0 Å². The molecule has 1 atom stereocenters. The summed E-state index contributed by atoms with van der Waals surface area (Å²) < 4.78 is 0. The summed E-state index contributed by atoms with van der Waals surface area (Å²) in [5.41, 5.74) is 0.278. The summed E-state index contributed by atoms with van der Waals surface area (Å²) in [5.74, 6) is 0.0657. The van der Waals surface area contributed by atoms with Crippen LogP contribution in [0.4, 0.5) is 0 Å². The number of carbonyl (C=O) groups excluding carboxylic acids is 2. The first-order valence-corrected chi connectivity index (χ1v) is 5.63. The van der Waals surface area contributed by atoms with Crippen LogP contribution in [-0.4, -0.2) is 35.8 Å². The van der Waals surface area contributed by atoms with E-state index >= 15 is 0 Å². The molecule has 2 aliphatic rings. The molecule has 15 heavy (non-hydrogen) atoms. The molecule has 0 aromatic rings. The van der Waals surface area contributed by atoms with Crippen molar-refractivity contribution in [1.82, 2.24) is 10.2 Å². The first-order valence-electron chi connectivity index (χ1n) is 5.63. The van der Waals surface area contributed by atoms with Crippen LogP contribution in [0.2, 0.25) is 0 Å². The second-order valence-corrected chi connectivity index (χ2v) is 4.97. The maximum Gasteiger partial charge on any atom is 0.243 e. The minimum Gasteiger partial charge on any atom is -0.345 e. The lowest BCUT2D eigenvalue weighted by Gasteiger charge is -2.36. The first kappa shape index (κ1) is 10.5. The molecule has 0 radical (unpaired) electrons. The molecule has 2 rings (SSSR count). The van der Waals surface area contributed by atoms with Crippen molar-refractivity contribution >= 4 is 11.8 Å². The van der Waals surface area contributed by atoms with E-state index in [9.17, 15) is 9.59 Å². The van der Waals surface area contributed by atoms with E-state index in [-0.39, 0.29) is 29.8 Å². The van der Waals surface area contributed by atoms with Crippen molar-refractivity contribution in [3.8, 4) is 0 Å². The normalized spacial score (nSPS) is 28.9. The van der Waals surface area contributed by atoms with Gasteiger partial charge in [0.05, 0.1) is 6.54 Å². The summed E-state index contributed by atoms with van der Waals surface area (Å²) >= 11 is 0. The molecule has 1 unspecified atom stereocenters. The van der Waals surface area contributed by atoms with Crippen molar-refractivity contribution in [2.24, 2.45) is 5.41 Å². The van der Waals surface area contributed by atoms with E-state index in [0.29, 0.717) is 6.42 Å². The Morgan fingerprint density at radius 2 is 2.13 bits per heavy atom. The van der Waals surface area contributed by atoms with Crippen molar-refractivity contribution in [3.63, 3.8) is 0 Å². The highest BCUT2D eigenvalue weighted by molar-refractivity contribution is 5.94. The van der Waals surface area contributed by atoms with E-state index in [0.717, 1.165) is 6.54 Å². The van der Waals surface area contributed by atoms with Gasteiger partial charge in [0.1, 0.15) is 6.04 Å². The predicted octanol–water partition coefficient (Wildman–Crippen LogP) is 0.523. The molecule has 0 spiro atoms. The van der Waals surface area contributed by atoms with Gasteiger partial charge in [-0.25, -0.2) is 0 Å². The summed E-state index contributed by atoms with van der Waals surface area (Å²) in [4.78, 5) is 25.1. The summed E-state index contributed by atoms with van der Waals surface area (Å²) in [6.07, 6.45) is 3.05. The smallest absolute Gasteiger partial charge is 0.243 e. The topological polar surface area (TPSA) is 49.4 Å². The minimum absolute atomic E-state index is 0.00125. The minimum atomic E-state index is -0.247. The maximum absolute atomic E-state index is 11.7. The fourth-order valence-electron chi connectivity index (χ4n) is 2.08. The molecule has 1 aliphatic heterocycles. The molecule has 2 fully saturated rings. The zero-order chi connectivity index (χ0) is 11.1. The number of nitrogens with zero attached hydrogens (tertiary/aromatic N) is 1. The molecule has 4 nitrogen and oxygen atoms in total. The highest BCUT2D eigenvalue weighted by Crippen LogP contribution is 2.46. The Labute approximate surface area is 90.0 Å². The Morgan fingerprint density at radius 3 is 2.67 bits per heavy atom. The van der Waals surface area contributed by atoms with Gasteiger partial charge in [0.2, 0.25) is 11.8 Å². The zero-order valence-corrected chi connectivity index (χ0v) is 9.38. The van der Waals surface area contributed by atoms with Crippen LogP contribution in [0.1, 0.15) is 33.1 Å². The van der Waals surface area contributed by atoms with E-state index in [1.54, 1.807) is 4.90 Å². The van der Waals surface area contributed by atoms with Gasteiger partial charge < -0.3 is 10.2 Å². The monoisotopic (exact) mass is 210 g/mol. The average Bonchev–Trinajstić information content (AvgIpc) is 2.91. The molecular weight excluding hydrogens is 192 g/mol. The fraction of sp³-hybridized carbons (Fsp3) is 0.818. The Hall–Kier alpha value is -1.06. The highest BCUT2D eigenvalue weighted by Gasteiger charge is 2.43. The quantitative estimate of drug-likeness (QED) is 0.738. The van der Waals surface area contributed by atoms with Crippen LogP contribution < -0.4 is 5.32 Å². The number of rotatable bonds is 3. The Kier molecular flexibility index (Phi) is 2.44. The number of hydrogen-bond donors (Lipinski definition) is 1. The van der Waals surface area contributed by atoms with Gasteiger partial charge in [-0.3, -0.25) is 9.59 Å². The van der Waals surface area contributed by atoms with E-state index in [1.165, 1.54) is 12.8 Å². The third-order valence-electron chi connectivity index (χ3n) is 3.46. The molecule has 1 aliphatic carbocycles. The molecular formula is C11H18N2O2. The Morgan fingerprint density at radius 1 is 1.47 bits per heavy atom. The summed E-state index contributed by atoms with van der Waals surface area (Å²) in [7, 11) is 0. The van der Waals surface area contributed by atoms with Crippen LogP contribution in [0.5, 0.6) is 0 Å². The first-order chi connectivity index (χ1) is 7.06. The lowest BCUT2D eigenvalue weighted by Crippen LogP contribution is -2.59. The third kappa shape index (κ3) is 1.98. The van der Waals surface area contributed by atoms with Gasteiger partial charge in [0.15, 0.2) is 0 Å². The molecule has 1 saturated heterocycles. The molecule has 1 N–H and O–H groups in total. The second kappa shape index (κ2) is 3.51. The Balaban J connectivity index is 2.09. The largest absolute Gasteiger partial charge is 0.345 e. The van der Waals surface area contributed by atoms with E-state index in [1.807, 2.05) is 6.92 Å².